The van der Waals surface area contributed by atoms with E-state index in [4.69, 9.17) is 17.3 Å². The third-order valence-corrected chi connectivity index (χ3v) is 3.36. The number of hydrogen-bond acceptors (Lipinski definition) is 2. The van der Waals surface area contributed by atoms with E-state index in [1.165, 1.54) is 0 Å². The van der Waals surface area contributed by atoms with Gasteiger partial charge in [-0.1, -0.05) is 17.7 Å². The molecule has 0 spiro atoms. The van der Waals surface area contributed by atoms with E-state index in [1.54, 1.807) is 4.68 Å². The Kier molecular flexibility index (Phi) is 2.35. The number of rotatable bonds is 1. The van der Waals surface area contributed by atoms with Crippen molar-refractivity contribution in [2.75, 3.05) is 5.73 Å². The minimum absolute atomic E-state index is 0.526. The molecule has 2 N–H and O–H groups in total. The molecule has 0 bridgehead atoms. The summed E-state index contributed by atoms with van der Waals surface area (Å²) in [7, 11) is 3.89. The van der Waals surface area contributed by atoms with E-state index in [9.17, 15) is 0 Å². The molecule has 0 unspecified atom stereocenters. The van der Waals surface area contributed by atoms with Gasteiger partial charge in [0.1, 0.15) is 5.82 Å². The molecule has 92 valence electrons. The van der Waals surface area contributed by atoms with Gasteiger partial charge in [-0.25, -0.2) is 0 Å². The summed E-state index contributed by atoms with van der Waals surface area (Å²) < 4.78 is 3.85. The summed E-state index contributed by atoms with van der Waals surface area (Å²) in [5, 5.41) is 6.06. The Morgan fingerprint density at radius 1 is 1.22 bits per heavy atom. The van der Waals surface area contributed by atoms with Crippen LogP contribution in [0, 0.1) is 0 Å². The van der Waals surface area contributed by atoms with E-state index in [2.05, 4.69) is 15.9 Å². The van der Waals surface area contributed by atoms with Crippen LogP contribution in [-0.2, 0) is 14.1 Å². The Bertz CT molecular complexity index is 739. The Balaban J connectivity index is 2.33. The second-order valence-corrected chi connectivity index (χ2v) is 4.83. The molecule has 0 saturated carbocycles. The van der Waals surface area contributed by atoms with Crippen molar-refractivity contribution in [1.29, 1.82) is 0 Å². The van der Waals surface area contributed by atoms with Crippen molar-refractivity contribution in [3.05, 3.63) is 35.5 Å². The van der Waals surface area contributed by atoms with Crippen molar-refractivity contribution in [3.63, 3.8) is 0 Å². The smallest absolute Gasteiger partial charge is 0.146 e. The van der Waals surface area contributed by atoms with Crippen LogP contribution in [0.4, 0.5) is 5.82 Å². The highest BCUT2D eigenvalue weighted by Gasteiger charge is 2.12. The highest BCUT2D eigenvalue weighted by Crippen LogP contribution is 2.32. The highest BCUT2D eigenvalue weighted by molar-refractivity contribution is 6.31. The van der Waals surface area contributed by atoms with Gasteiger partial charge in [-0.3, -0.25) is 4.68 Å². The van der Waals surface area contributed by atoms with Crippen LogP contribution in [0.5, 0.6) is 0 Å². The largest absolute Gasteiger partial charge is 0.382 e. The number of nitrogens with zero attached hydrogens (tertiary/aromatic N) is 3. The van der Waals surface area contributed by atoms with Gasteiger partial charge in [-0.15, -0.1) is 0 Å². The summed E-state index contributed by atoms with van der Waals surface area (Å²) in [6.45, 7) is 0. The Hall–Kier alpha value is -1.94. The fourth-order valence-corrected chi connectivity index (χ4v) is 2.47. The Morgan fingerprint density at radius 3 is 2.67 bits per heavy atom. The number of nitrogens with two attached hydrogens (primary N) is 1. The monoisotopic (exact) mass is 260 g/mol. The van der Waals surface area contributed by atoms with Gasteiger partial charge < -0.3 is 10.3 Å². The lowest BCUT2D eigenvalue weighted by molar-refractivity contribution is 0.780. The van der Waals surface area contributed by atoms with E-state index < -0.39 is 0 Å². The van der Waals surface area contributed by atoms with Gasteiger partial charge in [0.05, 0.1) is 5.69 Å². The molecule has 0 amide bonds. The van der Waals surface area contributed by atoms with E-state index in [-0.39, 0.29) is 0 Å². The molecular weight excluding hydrogens is 248 g/mol. The molecule has 1 aromatic carbocycles. The molecule has 2 aromatic heterocycles. The van der Waals surface area contributed by atoms with Gasteiger partial charge in [0.25, 0.3) is 0 Å². The van der Waals surface area contributed by atoms with Crippen LogP contribution >= 0.6 is 11.6 Å². The maximum Gasteiger partial charge on any atom is 0.146 e. The lowest BCUT2D eigenvalue weighted by Crippen LogP contribution is -1.94. The van der Waals surface area contributed by atoms with E-state index in [1.807, 2.05) is 38.4 Å². The van der Waals surface area contributed by atoms with Crippen LogP contribution in [0.1, 0.15) is 0 Å². The predicted octanol–water partition coefficient (Wildman–Crippen LogP) is 2.81. The summed E-state index contributed by atoms with van der Waals surface area (Å²) in [6, 6.07) is 7.76. The number of fused-ring (bicyclic) bond motifs is 1. The molecule has 0 aliphatic carbocycles. The summed E-state index contributed by atoms with van der Waals surface area (Å²) >= 11 is 6.03. The molecule has 0 fully saturated rings. The quantitative estimate of drug-likeness (QED) is 0.731. The second-order valence-electron chi connectivity index (χ2n) is 4.39. The average molecular weight is 261 g/mol. The Morgan fingerprint density at radius 2 is 2.00 bits per heavy atom. The minimum Gasteiger partial charge on any atom is -0.382 e. The zero-order valence-electron chi connectivity index (χ0n) is 10.2. The number of benzene rings is 1. The molecule has 5 heteroatoms. The standard InChI is InChI=1S/C13H13ClN4/c1-17-7-10(12-6-13(15)16-18(12)2)9-4-3-8(14)5-11(9)17/h3-7H,1-2H3,(H2,15,16). The summed E-state index contributed by atoms with van der Waals surface area (Å²) in [4.78, 5) is 0. The fourth-order valence-electron chi connectivity index (χ4n) is 2.30. The van der Waals surface area contributed by atoms with Crippen molar-refractivity contribution in [2.45, 2.75) is 0 Å². The SMILES string of the molecule is Cn1nc(N)cc1-c1cn(C)c2cc(Cl)ccc12. The molecule has 4 nitrogen and oxygen atoms in total. The van der Waals surface area contributed by atoms with Crippen molar-refractivity contribution < 1.29 is 0 Å². The van der Waals surface area contributed by atoms with Gasteiger partial charge in [0.2, 0.25) is 0 Å². The lowest BCUT2D eigenvalue weighted by Gasteiger charge is -1.99. The summed E-state index contributed by atoms with van der Waals surface area (Å²) in [6.07, 6.45) is 2.07. The van der Waals surface area contributed by atoms with E-state index in [0.29, 0.717) is 5.82 Å². The average Bonchev–Trinajstić information content (AvgIpc) is 2.80. The first kappa shape index (κ1) is 11.2. The fraction of sp³-hybridized carbons (Fsp3) is 0.154. The van der Waals surface area contributed by atoms with Crippen molar-refractivity contribution in [1.82, 2.24) is 14.3 Å². The van der Waals surface area contributed by atoms with Gasteiger partial charge in [0, 0.05) is 47.8 Å². The van der Waals surface area contributed by atoms with Gasteiger partial charge in [0.15, 0.2) is 0 Å². The molecule has 0 aliphatic heterocycles. The van der Waals surface area contributed by atoms with Crippen molar-refractivity contribution in [2.24, 2.45) is 14.1 Å². The Labute approximate surface area is 110 Å². The summed E-state index contributed by atoms with van der Waals surface area (Å²) in [5.41, 5.74) is 8.93. The van der Waals surface area contributed by atoms with Gasteiger partial charge in [-0.05, 0) is 12.1 Å². The maximum absolute atomic E-state index is 6.03. The van der Waals surface area contributed by atoms with Crippen LogP contribution in [0.25, 0.3) is 22.2 Å². The molecule has 18 heavy (non-hydrogen) atoms. The highest BCUT2D eigenvalue weighted by atomic mass is 35.5. The number of halogens is 1. The molecular formula is C13H13ClN4. The topological polar surface area (TPSA) is 48.8 Å². The molecule has 3 aromatic rings. The van der Waals surface area contributed by atoms with Gasteiger partial charge >= 0.3 is 0 Å². The van der Waals surface area contributed by atoms with Crippen molar-refractivity contribution in [3.8, 4) is 11.3 Å². The zero-order chi connectivity index (χ0) is 12.9. The number of aryl methyl sites for hydroxylation is 2. The molecule has 2 heterocycles. The molecule has 3 rings (SSSR count). The van der Waals surface area contributed by atoms with Crippen LogP contribution in [0.15, 0.2) is 30.5 Å². The molecule has 0 radical (unpaired) electrons. The van der Waals surface area contributed by atoms with Gasteiger partial charge in [-0.2, -0.15) is 5.10 Å². The van der Waals surface area contributed by atoms with Crippen molar-refractivity contribution >= 4 is 28.3 Å². The zero-order valence-corrected chi connectivity index (χ0v) is 10.9. The van der Waals surface area contributed by atoms with Crippen LogP contribution in [0.3, 0.4) is 0 Å². The molecule has 0 aliphatic rings. The lowest BCUT2D eigenvalue weighted by atomic mass is 10.1. The summed E-state index contributed by atoms with van der Waals surface area (Å²) in [5.74, 6) is 0.526. The van der Waals surface area contributed by atoms with Crippen LogP contribution in [-0.4, -0.2) is 14.3 Å². The number of aromatic nitrogens is 3. The van der Waals surface area contributed by atoms with Crippen LogP contribution < -0.4 is 5.73 Å². The molecule has 0 atom stereocenters. The third kappa shape index (κ3) is 1.57. The maximum atomic E-state index is 6.03. The second kappa shape index (κ2) is 3.78. The first-order valence-electron chi connectivity index (χ1n) is 5.61. The third-order valence-electron chi connectivity index (χ3n) is 3.13. The first-order valence-corrected chi connectivity index (χ1v) is 5.98. The normalized spacial score (nSPS) is 11.3. The number of anilines is 1. The van der Waals surface area contributed by atoms with E-state index in [0.717, 1.165) is 27.2 Å². The van der Waals surface area contributed by atoms with Crippen LogP contribution in [0.2, 0.25) is 5.02 Å². The van der Waals surface area contributed by atoms with E-state index >= 15 is 0 Å². The predicted molar refractivity (Wildman–Crippen MR) is 74.5 cm³/mol. The number of nitrogen functional groups attached to an aromatic ring is 1. The first-order chi connectivity index (χ1) is 8.56. The molecule has 0 saturated heterocycles. The minimum atomic E-state index is 0.526. The number of hydrogen-bond donors (Lipinski definition) is 1.